The average molecular weight is 302 g/mol. The van der Waals surface area contributed by atoms with Gasteiger partial charge < -0.3 is 16.8 Å². The van der Waals surface area contributed by atoms with Gasteiger partial charge in [0.15, 0.2) is 0 Å². The number of rotatable bonds is 5. The number of nitrogens with two attached hydrogens (primary N) is 2. The molecule has 0 aliphatic heterocycles. The molecule has 1 heterocycles. The first-order chi connectivity index (χ1) is 9.78. The molecule has 1 amide bonds. The highest BCUT2D eigenvalue weighted by atomic mass is 32.1. The lowest BCUT2D eigenvalue weighted by atomic mass is 9.99. The standard InChI is InChI=1S/C15H18N4OS/c1-15(2,8-12(16)20)19-14-10(13(17)21)7-9-5-3-4-6-11(9)18-14/h3-7H,8H2,1-2H3,(H2,16,20)(H2,17,21)(H,18,19). The molecular formula is C15H18N4OS. The minimum Gasteiger partial charge on any atom is -0.389 e. The van der Waals surface area contributed by atoms with Gasteiger partial charge in [-0.05, 0) is 26.0 Å². The topological polar surface area (TPSA) is 94.0 Å². The van der Waals surface area contributed by atoms with Crippen molar-refractivity contribution in [1.82, 2.24) is 4.98 Å². The summed E-state index contributed by atoms with van der Waals surface area (Å²) in [7, 11) is 0. The monoisotopic (exact) mass is 302 g/mol. The van der Waals surface area contributed by atoms with Crippen molar-refractivity contribution in [2.75, 3.05) is 5.32 Å². The van der Waals surface area contributed by atoms with E-state index in [1.165, 1.54) is 0 Å². The van der Waals surface area contributed by atoms with E-state index in [2.05, 4.69) is 10.3 Å². The van der Waals surface area contributed by atoms with Crippen molar-refractivity contribution in [3.63, 3.8) is 0 Å². The van der Waals surface area contributed by atoms with Crippen LogP contribution in [0.15, 0.2) is 30.3 Å². The molecule has 2 rings (SSSR count). The zero-order valence-corrected chi connectivity index (χ0v) is 12.8. The lowest BCUT2D eigenvalue weighted by Crippen LogP contribution is -2.37. The molecule has 0 aliphatic rings. The largest absolute Gasteiger partial charge is 0.389 e. The number of nitrogens with zero attached hydrogens (tertiary/aromatic N) is 1. The van der Waals surface area contributed by atoms with E-state index in [9.17, 15) is 4.79 Å². The normalized spacial score (nSPS) is 11.3. The number of pyridine rings is 1. The van der Waals surface area contributed by atoms with Gasteiger partial charge in [-0.3, -0.25) is 4.79 Å². The van der Waals surface area contributed by atoms with E-state index in [-0.39, 0.29) is 17.3 Å². The van der Waals surface area contributed by atoms with Crippen molar-refractivity contribution < 1.29 is 4.79 Å². The van der Waals surface area contributed by atoms with Gasteiger partial charge in [-0.15, -0.1) is 0 Å². The Balaban J connectivity index is 2.48. The summed E-state index contributed by atoms with van der Waals surface area (Å²) in [5.41, 5.74) is 12.0. The van der Waals surface area contributed by atoms with Gasteiger partial charge in [-0.2, -0.15) is 0 Å². The number of fused-ring (bicyclic) bond motifs is 1. The number of carbonyl (C=O) groups is 1. The second-order valence-electron chi connectivity index (χ2n) is 5.59. The molecule has 0 spiro atoms. The molecule has 21 heavy (non-hydrogen) atoms. The Hall–Kier alpha value is -2.21. The first-order valence-corrected chi connectivity index (χ1v) is 6.95. The van der Waals surface area contributed by atoms with Crippen LogP contribution in [0.25, 0.3) is 10.9 Å². The van der Waals surface area contributed by atoms with Gasteiger partial charge in [0.2, 0.25) is 5.91 Å². The van der Waals surface area contributed by atoms with E-state index in [0.717, 1.165) is 10.9 Å². The number of thiocarbonyl (C=S) groups is 1. The molecule has 110 valence electrons. The summed E-state index contributed by atoms with van der Waals surface area (Å²) in [4.78, 5) is 16.0. The molecule has 0 aliphatic carbocycles. The summed E-state index contributed by atoms with van der Waals surface area (Å²) in [6.45, 7) is 3.75. The number of amides is 1. The highest BCUT2D eigenvalue weighted by Crippen LogP contribution is 2.24. The van der Waals surface area contributed by atoms with Gasteiger partial charge in [-0.25, -0.2) is 4.98 Å². The molecular weight excluding hydrogens is 284 g/mol. The molecule has 0 bridgehead atoms. The van der Waals surface area contributed by atoms with Gasteiger partial charge in [0.25, 0.3) is 0 Å². The maximum atomic E-state index is 11.1. The second-order valence-corrected chi connectivity index (χ2v) is 6.03. The first kappa shape index (κ1) is 15.2. The van der Waals surface area contributed by atoms with Crippen LogP contribution in [0.1, 0.15) is 25.8 Å². The predicted molar refractivity (Wildman–Crippen MR) is 89.1 cm³/mol. The maximum absolute atomic E-state index is 11.1. The molecule has 1 aromatic carbocycles. The summed E-state index contributed by atoms with van der Waals surface area (Å²) >= 11 is 5.10. The highest BCUT2D eigenvalue weighted by Gasteiger charge is 2.23. The molecule has 0 saturated carbocycles. The molecule has 0 fully saturated rings. The van der Waals surface area contributed by atoms with E-state index in [0.29, 0.717) is 11.4 Å². The van der Waals surface area contributed by atoms with E-state index >= 15 is 0 Å². The summed E-state index contributed by atoms with van der Waals surface area (Å²) < 4.78 is 0. The molecule has 0 saturated heterocycles. The van der Waals surface area contributed by atoms with Crippen LogP contribution in [0.2, 0.25) is 0 Å². The lowest BCUT2D eigenvalue weighted by molar-refractivity contribution is -0.118. The van der Waals surface area contributed by atoms with E-state index in [1.807, 2.05) is 44.2 Å². The van der Waals surface area contributed by atoms with Gasteiger partial charge in [-0.1, -0.05) is 30.4 Å². The summed E-state index contributed by atoms with van der Waals surface area (Å²) in [5, 5.41) is 4.17. The Kier molecular flexibility index (Phi) is 4.09. The van der Waals surface area contributed by atoms with Crippen molar-refractivity contribution in [2.24, 2.45) is 11.5 Å². The van der Waals surface area contributed by atoms with Crippen LogP contribution in [0.4, 0.5) is 5.82 Å². The Morgan fingerprint density at radius 1 is 1.33 bits per heavy atom. The molecule has 5 nitrogen and oxygen atoms in total. The number of nitrogens with one attached hydrogen (secondary N) is 1. The van der Waals surface area contributed by atoms with Crippen LogP contribution in [-0.2, 0) is 4.79 Å². The first-order valence-electron chi connectivity index (χ1n) is 6.54. The fourth-order valence-electron chi connectivity index (χ4n) is 2.20. The van der Waals surface area contributed by atoms with Crippen molar-refractivity contribution in [2.45, 2.75) is 25.8 Å². The van der Waals surface area contributed by atoms with E-state index < -0.39 is 5.54 Å². The quantitative estimate of drug-likeness (QED) is 0.734. The zero-order chi connectivity index (χ0) is 15.6. The summed E-state index contributed by atoms with van der Waals surface area (Å²) in [6, 6.07) is 9.59. The van der Waals surface area contributed by atoms with Gasteiger partial charge in [0.05, 0.1) is 11.1 Å². The Morgan fingerprint density at radius 2 is 2.00 bits per heavy atom. The third kappa shape index (κ3) is 3.66. The van der Waals surface area contributed by atoms with Gasteiger partial charge in [0, 0.05) is 17.3 Å². The smallest absolute Gasteiger partial charge is 0.219 e. The van der Waals surface area contributed by atoms with Gasteiger partial charge >= 0.3 is 0 Å². The van der Waals surface area contributed by atoms with Crippen LogP contribution in [-0.4, -0.2) is 21.4 Å². The zero-order valence-electron chi connectivity index (χ0n) is 12.0. The number of para-hydroxylation sites is 1. The molecule has 5 N–H and O–H groups in total. The lowest BCUT2D eigenvalue weighted by Gasteiger charge is -2.26. The minimum atomic E-state index is -0.541. The third-order valence-electron chi connectivity index (χ3n) is 3.06. The molecule has 0 atom stereocenters. The summed E-state index contributed by atoms with van der Waals surface area (Å²) in [5.74, 6) is 0.178. The fourth-order valence-corrected chi connectivity index (χ4v) is 2.35. The van der Waals surface area contributed by atoms with Crippen LogP contribution in [0, 0.1) is 0 Å². The fraction of sp³-hybridized carbons (Fsp3) is 0.267. The second kappa shape index (κ2) is 5.65. The van der Waals surface area contributed by atoms with Crippen molar-refractivity contribution >= 4 is 39.8 Å². The SMILES string of the molecule is CC(C)(CC(N)=O)Nc1nc2ccccc2cc1C(N)=S. The van der Waals surface area contributed by atoms with Crippen LogP contribution in [0.5, 0.6) is 0 Å². The van der Waals surface area contributed by atoms with E-state index in [4.69, 9.17) is 23.7 Å². The van der Waals surface area contributed by atoms with Crippen molar-refractivity contribution in [3.05, 3.63) is 35.9 Å². The number of anilines is 1. The Labute approximate surface area is 128 Å². The average Bonchev–Trinajstić information content (AvgIpc) is 2.35. The third-order valence-corrected chi connectivity index (χ3v) is 3.28. The van der Waals surface area contributed by atoms with Gasteiger partial charge in [0.1, 0.15) is 10.8 Å². The highest BCUT2D eigenvalue weighted by molar-refractivity contribution is 7.80. The number of hydrogen-bond donors (Lipinski definition) is 3. The number of carbonyl (C=O) groups excluding carboxylic acids is 1. The van der Waals surface area contributed by atoms with E-state index in [1.54, 1.807) is 0 Å². The molecule has 6 heteroatoms. The molecule has 2 aromatic rings. The molecule has 0 unspecified atom stereocenters. The van der Waals surface area contributed by atoms with Crippen molar-refractivity contribution in [3.8, 4) is 0 Å². The van der Waals surface area contributed by atoms with Crippen LogP contribution >= 0.6 is 12.2 Å². The maximum Gasteiger partial charge on any atom is 0.219 e. The predicted octanol–water partition coefficient (Wildman–Crippen LogP) is 1.93. The number of benzene rings is 1. The van der Waals surface area contributed by atoms with Crippen molar-refractivity contribution in [1.29, 1.82) is 0 Å². The number of primary amides is 1. The molecule has 1 aromatic heterocycles. The number of aromatic nitrogens is 1. The summed E-state index contributed by atoms with van der Waals surface area (Å²) in [6.07, 6.45) is 0.179. The Morgan fingerprint density at radius 3 is 2.62 bits per heavy atom. The Bertz CT molecular complexity index is 712. The van der Waals surface area contributed by atoms with Crippen LogP contribution in [0.3, 0.4) is 0 Å². The molecule has 0 radical (unpaired) electrons. The minimum absolute atomic E-state index is 0.179. The van der Waals surface area contributed by atoms with Crippen LogP contribution < -0.4 is 16.8 Å². The number of hydrogen-bond acceptors (Lipinski definition) is 4.